The molecule has 0 radical (unpaired) electrons. The summed E-state index contributed by atoms with van der Waals surface area (Å²) in [5.74, 6) is -0.174. The lowest BCUT2D eigenvalue weighted by atomic mass is 9.98. The minimum Gasteiger partial charge on any atom is -0.497 e. The van der Waals surface area contributed by atoms with E-state index in [1.165, 1.54) is 31.4 Å². The number of halogens is 1. The molecule has 0 saturated carbocycles. The zero-order chi connectivity index (χ0) is 23.1. The van der Waals surface area contributed by atoms with Gasteiger partial charge in [-0.15, -0.1) is 0 Å². The molecule has 3 rings (SSSR count). The SMILES string of the molecule is COc1cccc(S(=O)(=O)N[C@H]2CC[C@@H](CC(=O)NCc3ccc(F)cc3)O[C@@H]2CO)c1. The van der Waals surface area contributed by atoms with Crippen molar-refractivity contribution in [3.05, 3.63) is 59.9 Å². The predicted octanol–water partition coefficient (Wildman–Crippen LogP) is 1.73. The minimum atomic E-state index is -3.85. The highest BCUT2D eigenvalue weighted by Crippen LogP contribution is 2.24. The molecule has 1 saturated heterocycles. The number of aliphatic hydroxyl groups is 1. The second-order valence-corrected chi connectivity index (χ2v) is 9.28. The zero-order valence-corrected chi connectivity index (χ0v) is 18.5. The summed E-state index contributed by atoms with van der Waals surface area (Å²) >= 11 is 0. The number of carbonyl (C=O) groups is 1. The molecule has 8 nitrogen and oxygen atoms in total. The maximum atomic E-state index is 13.0. The highest BCUT2D eigenvalue weighted by Gasteiger charge is 2.34. The van der Waals surface area contributed by atoms with Gasteiger partial charge >= 0.3 is 0 Å². The number of sulfonamides is 1. The molecule has 1 fully saturated rings. The Balaban J connectivity index is 1.53. The molecule has 0 unspecified atom stereocenters. The van der Waals surface area contributed by atoms with Crippen LogP contribution in [0.4, 0.5) is 4.39 Å². The molecule has 3 atom stereocenters. The quantitative estimate of drug-likeness (QED) is 0.519. The van der Waals surface area contributed by atoms with E-state index < -0.39 is 28.3 Å². The molecule has 0 aromatic heterocycles. The summed E-state index contributed by atoms with van der Waals surface area (Å²) in [7, 11) is -2.40. The molecular formula is C22H27FN2O6S. The lowest BCUT2D eigenvalue weighted by Crippen LogP contribution is -2.51. The van der Waals surface area contributed by atoms with Crippen LogP contribution in [0.2, 0.25) is 0 Å². The number of hydrogen-bond acceptors (Lipinski definition) is 6. The van der Waals surface area contributed by atoms with E-state index in [4.69, 9.17) is 9.47 Å². The van der Waals surface area contributed by atoms with E-state index in [9.17, 15) is 22.7 Å². The standard InChI is InChI=1S/C22H27FN2O6S/c1-30-17-3-2-4-19(11-17)32(28,29)25-20-10-9-18(31-21(20)14-26)12-22(27)24-13-15-5-7-16(23)8-6-15/h2-8,11,18,20-21,25-26H,9-10,12-14H2,1H3,(H,24,27)/t18-,20-,21+/m0/s1. The summed E-state index contributed by atoms with van der Waals surface area (Å²) < 4.78 is 51.9. The second kappa shape index (κ2) is 10.9. The Bertz CT molecular complexity index is 1020. The monoisotopic (exact) mass is 466 g/mol. The van der Waals surface area contributed by atoms with Crippen LogP contribution in [0, 0.1) is 5.82 Å². The molecule has 1 heterocycles. The van der Waals surface area contributed by atoms with Gasteiger partial charge in [0.2, 0.25) is 15.9 Å². The normalized spacial score (nSPS) is 21.2. The van der Waals surface area contributed by atoms with Gasteiger partial charge in [-0.3, -0.25) is 4.79 Å². The minimum absolute atomic E-state index is 0.0517. The third-order valence-corrected chi connectivity index (χ3v) is 6.76. The Morgan fingerprint density at radius 1 is 1.22 bits per heavy atom. The summed E-state index contributed by atoms with van der Waals surface area (Å²) in [4.78, 5) is 12.3. The Morgan fingerprint density at radius 2 is 1.97 bits per heavy atom. The van der Waals surface area contributed by atoms with E-state index in [0.717, 1.165) is 5.56 Å². The summed E-state index contributed by atoms with van der Waals surface area (Å²) in [5.41, 5.74) is 0.768. The van der Waals surface area contributed by atoms with E-state index in [1.807, 2.05) is 0 Å². The van der Waals surface area contributed by atoms with Crippen LogP contribution in [0.3, 0.4) is 0 Å². The summed E-state index contributed by atoms with van der Waals surface area (Å²) in [6.45, 7) is -0.128. The number of carbonyl (C=O) groups excluding carboxylic acids is 1. The molecule has 0 aliphatic carbocycles. The van der Waals surface area contributed by atoms with Gasteiger partial charge in [-0.05, 0) is 42.7 Å². The van der Waals surface area contributed by atoms with Gasteiger partial charge in [0, 0.05) is 12.6 Å². The van der Waals surface area contributed by atoms with Crippen molar-refractivity contribution in [3.63, 3.8) is 0 Å². The number of hydrogen-bond donors (Lipinski definition) is 3. The summed E-state index contributed by atoms with van der Waals surface area (Å²) in [6.07, 6.45) is -0.291. The van der Waals surface area contributed by atoms with Crippen molar-refractivity contribution in [2.24, 2.45) is 0 Å². The third-order valence-electron chi connectivity index (χ3n) is 5.27. The first-order valence-electron chi connectivity index (χ1n) is 10.2. The molecule has 3 N–H and O–H groups in total. The average Bonchev–Trinajstić information content (AvgIpc) is 2.79. The fourth-order valence-electron chi connectivity index (χ4n) is 3.53. The van der Waals surface area contributed by atoms with Crippen molar-refractivity contribution in [2.45, 2.75) is 49.0 Å². The fourth-order valence-corrected chi connectivity index (χ4v) is 4.87. The van der Waals surface area contributed by atoms with Gasteiger partial charge in [0.15, 0.2) is 0 Å². The third kappa shape index (κ3) is 6.49. The van der Waals surface area contributed by atoms with Crippen LogP contribution in [0.15, 0.2) is 53.4 Å². The van der Waals surface area contributed by atoms with Crippen LogP contribution in [0.5, 0.6) is 5.75 Å². The first kappa shape index (κ1) is 24.1. The highest BCUT2D eigenvalue weighted by atomic mass is 32.2. The van der Waals surface area contributed by atoms with Crippen LogP contribution < -0.4 is 14.8 Å². The second-order valence-electron chi connectivity index (χ2n) is 7.57. The lowest BCUT2D eigenvalue weighted by molar-refractivity contribution is -0.130. The van der Waals surface area contributed by atoms with Gasteiger partial charge in [0.25, 0.3) is 0 Å². The van der Waals surface area contributed by atoms with E-state index in [-0.39, 0.29) is 36.2 Å². The van der Waals surface area contributed by atoms with E-state index >= 15 is 0 Å². The topological polar surface area (TPSA) is 114 Å². The van der Waals surface area contributed by atoms with Gasteiger partial charge in [-0.25, -0.2) is 17.5 Å². The van der Waals surface area contributed by atoms with Crippen molar-refractivity contribution in [2.75, 3.05) is 13.7 Å². The first-order chi connectivity index (χ1) is 15.3. The maximum Gasteiger partial charge on any atom is 0.241 e. The Labute approximate surface area is 186 Å². The number of methoxy groups -OCH3 is 1. The lowest BCUT2D eigenvalue weighted by Gasteiger charge is -2.35. The Hall–Kier alpha value is -2.53. The van der Waals surface area contributed by atoms with Crippen molar-refractivity contribution < 1.29 is 32.2 Å². The Kier molecular flexibility index (Phi) is 8.19. The van der Waals surface area contributed by atoms with Crippen molar-refractivity contribution >= 4 is 15.9 Å². The fraction of sp³-hybridized carbons (Fsp3) is 0.409. The van der Waals surface area contributed by atoms with Gasteiger partial charge in [-0.2, -0.15) is 0 Å². The maximum absolute atomic E-state index is 13.0. The van der Waals surface area contributed by atoms with Crippen molar-refractivity contribution in [1.82, 2.24) is 10.0 Å². The zero-order valence-electron chi connectivity index (χ0n) is 17.7. The molecule has 2 aromatic carbocycles. The number of benzene rings is 2. The van der Waals surface area contributed by atoms with Gasteiger partial charge in [-0.1, -0.05) is 18.2 Å². The molecule has 1 amide bonds. The highest BCUT2D eigenvalue weighted by molar-refractivity contribution is 7.89. The van der Waals surface area contributed by atoms with Crippen molar-refractivity contribution in [1.29, 1.82) is 0 Å². The molecule has 32 heavy (non-hydrogen) atoms. The van der Waals surface area contributed by atoms with Gasteiger partial charge in [0.1, 0.15) is 11.6 Å². The summed E-state index contributed by atoms with van der Waals surface area (Å²) in [5, 5.41) is 12.5. The predicted molar refractivity (Wildman–Crippen MR) is 115 cm³/mol. The smallest absolute Gasteiger partial charge is 0.241 e. The molecule has 0 spiro atoms. The molecule has 174 valence electrons. The van der Waals surface area contributed by atoms with E-state index in [2.05, 4.69) is 10.0 Å². The van der Waals surface area contributed by atoms with Gasteiger partial charge in [0.05, 0.1) is 43.3 Å². The van der Waals surface area contributed by atoms with Crippen molar-refractivity contribution in [3.8, 4) is 5.75 Å². The Morgan fingerprint density at radius 3 is 2.66 bits per heavy atom. The summed E-state index contributed by atoms with van der Waals surface area (Å²) in [6, 6.07) is 11.3. The van der Waals surface area contributed by atoms with E-state index in [1.54, 1.807) is 24.3 Å². The van der Waals surface area contributed by atoms with Crippen LogP contribution in [0.1, 0.15) is 24.8 Å². The molecule has 0 bridgehead atoms. The molecule has 1 aliphatic rings. The molecule has 2 aromatic rings. The van der Waals surface area contributed by atoms with Crippen LogP contribution in [-0.2, 0) is 26.1 Å². The van der Waals surface area contributed by atoms with Crippen LogP contribution >= 0.6 is 0 Å². The first-order valence-corrected chi connectivity index (χ1v) is 11.7. The molecular weight excluding hydrogens is 439 g/mol. The molecule has 1 aliphatic heterocycles. The largest absolute Gasteiger partial charge is 0.497 e. The number of nitrogens with one attached hydrogen (secondary N) is 2. The van der Waals surface area contributed by atoms with Crippen LogP contribution in [-0.4, -0.2) is 51.4 Å². The van der Waals surface area contributed by atoms with Gasteiger partial charge < -0.3 is 19.9 Å². The number of amides is 1. The van der Waals surface area contributed by atoms with Crippen LogP contribution in [0.25, 0.3) is 0 Å². The number of aliphatic hydroxyl groups excluding tert-OH is 1. The number of ether oxygens (including phenoxy) is 2. The van der Waals surface area contributed by atoms with E-state index in [0.29, 0.717) is 18.6 Å². The molecule has 10 heteroatoms. The number of rotatable bonds is 9. The average molecular weight is 467 g/mol.